The van der Waals surface area contributed by atoms with Gasteiger partial charge in [-0.05, 0) is 35.0 Å². The summed E-state index contributed by atoms with van der Waals surface area (Å²) in [6.45, 7) is 1.82. The van der Waals surface area contributed by atoms with Crippen molar-refractivity contribution in [1.29, 1.82) is 0 Å². The molecule has 0 unspecified atom stereocenters. The first-order valence-electron chi connectivity index (χ1n) is 6.06. The molecular formula is C13H8BrClF3N3S. The van der Waals surface area contributed by atoms with Gasteiger partial charge in [0.25, 0.3) is 0 Å². The molecule has 0 saturated carbocycles. The highest BCUT2D eigenvalue weighted by Crippen LogP contribution is 2.43. The molecule has 0 N–H and O–H groups in total. The molecule has 3 nitrogen and oxygen atoms in total. The van der Waals surface area contributed by atoms with E-state index < -0.39 is 11.9 Å². The van der Waals surface area contributed by atoms with Crippen LogP contribution in [0.3, 0.4) is 0 Å². The van der Waals surface area contributed by atoms with Crippen LogP contribution in [-0.4, -0.2) is 14.8 Å². The minimum atomic E-state index is -4.49. The van der Waals surface area contributed by atoms with Gasteiger partial charge in [-0.1, -0.05) is 11.6 Å². The second-order valence-electron chi connectivity index (χ2n) is 4.64. The van der Waals surface area contributed by atoms with Crippen molar-refractivity contribution in [2.24, 2.45) is 7.05 Å². The average molecular weight is 411 g/mol. The van der Waals surface area contributed by atoms with Gasteiger partial charge in [0.15, 0.2) is 5.69 Å². The summed E-state index contributed by atoms with van der Waals surface area (Å²) in [7, 11) is 1.27. The van der Waals surface area contributed by atoms with Crippen LogP contribution >= 0.6 is 38.9 Å². The lowest BCUT2D eigenvalue weighted by Crippen LogP contribution is -2.12. The molecule has 2 heterocycles. The Hall–Kier alpha value is -1.12. The number of hydrogen-bond acceptors (Lipinski definition) is 3. The van der Waals surface area contributed by atoms with Crippen LogP contribution in [0.15, 0.2) is 16.6 Å². The van der Waals surface area contributed by atoms with E-state index in [-0.39, 0.29) is 10.2 Å². The molecule has 2 aromatic heterocycles. The Kier molecular flexibility index (Phi) is 3.73. The molecule has 0 atom stereocenters. The normalized spacial score (nSPS) is 12.3. The average Bonchev–Trinajstić information content (AvgIpc) is 2.90. The van der Waals surface area contributed by atoms with Crippen molar-refractivity contribution in [1.82, 2.24) is 14.8 Å². The first-order valence-corrected chi connectivity index (χ1v) is 8.04. The fraction of sp³-hybridized carbons (Fsp3) is 0.231. The Morgan fingerprint density at radius 2 is 2.00 bits per heavy atom. The summed E-state index contributed by atoms with van der Waals surface area (Å²) in [6, 6.07) is 3.28. The zero-order valence-electron chi connectivity index (χ0n) is 11.3. The van der Waals surface area contributed by atoms with Gasteiger partial charge < -0.3 is 0 Å². The first-order chi connectivity index (χ1) is 10.2. The highest BCUT2D eigenvalue weighted by molar-refractivity contribution is 9.10. The number of nitrogens with zero attached hydrogens (tertiary/aromatic N) is 3. The molecule has 22 heavy (non-hydrogen) atoms. The summed E-state index contributed by atoms with van der Waals surface area (Å²) in [6.07, 6.45) is -4.49. The fourth-order valence-corrected chi connectivity index (χ4v) is 4.24. The van der Waals surface area contributed by atoms with Crippen LogP contribution in [0.4, 0.5) is 13.2 Å². The Morgan fingerprint density at radius 3 is 2.59 bits per heavy atom. The number of rotatable bonds is 1. The van der Waals surface area contributed by atoms with Crippen molar-refractivity contribution in [2.45, 2.75) is 13.1 Å². The molecule has 3 aromatic rings. The largest absolute Gasteiger partial charge is 0.434 e. The number of thiazole rings is 1. The SMILES string of the molecule is Cc1nc2c(Cl)ccc(-c3nn(C)c(C(F)(F)F)c3Br)c2s1. The Morgan fingerprint density at radius 1 is 1.32 bits per heavy atom. The van der Waals surface area contributed by atoms with Crippen molar-refractivity contribution in [2.75, 3.05) is 0 Å². The zero-order chi connectivity index (χ0) is 16.2. The van der Waals surface area contributed by atoms with Crippen molar-refractivity contribution < 1.29 is 13.2 Å². The van der Waals surface area contributed by atoms with Gasteiger partial charge in [0.05, 0.1) is 19.2 Å². The number of aryl methyl sites for hydroxylation is 2. The van der Waals surface area contributed by atoms with Gasteiger partial charge >= 0.3 is 6.18 Å². The number of hydrogen-bond donors (Lipinski definition) is 0. The van der Waals surface area contributed by atoms with E-state index in [1.807, 2.05) is 6.92 Å². The van der Waals surface area contributed by atoms with Gasteiger partial charge in [0.1, 0.15) is 11.2 Å². The Balaban J connectivity index is 2.32. The van der Waals surface area contributed by atoms with Crippen molar-refractivity contribution in [3.05, 3.63) is 32.3 Å². The first kappa shape index (κ1) is 15.8. The maximum absolute atomic E-state index is 13.1. The van der Waals surface area contributed by atoms with Crippen LogP contribution in [0.2, 0.25) is 5.02 Å². The predicted molar refractivity (Wildman–Crippen MR) is 84.3 cm³/mol. The minimum Gasteiger partial charge on any atom is -0.262 e. The molecule has 1 aromatic carbocycles. The molecule has 0 spiro atoms. The lowest BCUT2D eigenvalue weighted by molar-refractivity contribution is -0.144. The highest BCUT2D eigenvalue weighted by Gasteiger charge is 2.39. The molecule has 0 aliphatic carbocycles. The topological polar surface area (TPSA) is 30.7 Å². The second kappa shape index (κ2) is 5.21. The van der Waals surface area contributed by atoms with Gasteiger partial charge in [-0.3, -0.25) is 4.68 Å². The van der Waals surface area contributed by atoms with E-state index in [1.54, 1.807) is 12.1 Å². The number of halogens is 5. The molecule has 3 rings (SSSR count). The third-order valence-electron chi connectivity index (χ3n) is 3.11. The Labute approximate surface area is 140 Å². The third-order valence-corrected chi connectivity index (χ3v) is 5.17. The van der Waals surface area contributed by atoms with Gasteiger partial charge in [-0.15, -0.1) is 11.3 Å². The number of alkyl halides is 3. The highest BCUT2D eigenvalue weighted by atomic mass is 79.9. The molecule has 0 saturated heterocycles. The van der Waals surface area contributed by atoms with E-state index in [4.69, 9.17) is 11.6 Å². The summed E-state index contributed by atoms with van der Waals surface area (Å²) in [5.74, 6) is 0. The summed E-state index contributed by atoms with van der Waals surface area (Å²) in [5, 5.41) is 5.27. The van der Waals surface area contributed by atoms with E-state index in [0.717, 1.165) is 14.4 Å². The summed E-state index contributed by atoms with van der Waals surface area (Å²) >= 11 is 10.5. The molecular weight excluding hydrogens is 403 g/mol. The molecule has 0 bridgehead atoms. The third kappa shape index (κ3) is 2.43. The van der Waals surface area contributed by atoms with E-state index in [9.17, 15) is 13.2 Å². The van der Waals surface area contributed by atoms with Gasteiger partial charge in [-0.25, -0.2) is 4.98 Å². The van der Waals surface area contributed by atoms with Crippen LogP contribution in [0.1, 0.15) is 10.7 Å². The minimum absolute atomic E-state index is 0.0859. The van der Waals surface area contributed by atoms with Gasteiger partial charge in [0.2, 0.25) is 0 Å². The van der Waals surface area contributed by atoms with Crippen molar-refractivity contribution >= 4 is 49.1 Å². The van der Waals surface area contributed by atoms with Crippen LogP contribution in [0.25, 0.3) is 21.5 Å². The summed E-state index contributed by atoms with van der Waals surface area (Å²) in [4.78, 5) is 4.32. The quantitative estimate of drug-likeness (QED) is 0.535. The van der Waals surface area contributed by atoms with Gasteiger partial charge in [-0.2, -0.15) is 18.3 Å². The predicted octanol–water partition coefficient (Wildman–Crippen LogP) is 5.44. The van der Waals surface area contributed by atoms with Crippen molar-refractivity contribution in [3.8, 4) is 11.3 Å². The van der Waals surface area contributed by atoms with Gasteiger partial charge in [0, 0.05) is 12.6 Å². The zero-order valence-corrected chi connectivity index (χ0v) is 14.5. The number of aromatic nitrogens is 3. The monoisotopic (exact) mass is 409 g/mol. The maximum atomic E-state index is 13.1. The smallest absolute Gasteiger partial charge is 0.262 e. The molecule has 9 heteroatoms. The standard InChI is InChI=1S/C13H8BrClF3N3S/c1-5-19-10-7(15)4-3-6(11(10)22-5)9-8(14)12(13(16,17)18)21(2)20-9/h3-4H,1-2H3. The molecule has 0 aliphatic rings. The van der Waals surface area contributed by atoms with E-state index in [0.29, 0.717) is 16.1 Å². The Bertz CT molecular complexity index is 885. The molecule has 116 valence electrons. The molecule has 0 radical (unpaired) electrons. The van der Waals surface area contributed by atoms with Crippen molar-refractivity contribution in [3.63, 3.8) is 0 Å². The summed E-state index contributed by atoms with van der Waals surface area (Å²) in [5.41, 5.74) is 0.544. The lowest BCUT2D eigenvalue weighted by Gasteiger charge is -2.06. The van der Waals surface area contributed by atoms with Crippen LogP contribution in [-0.2, 0) is 13.2 Å². The molecule has 0 aliphatic heterocycles. The number of fused-ring (bicyclic) bond motifs is 1. The van der Waals surface area contributed by atoms with Crippen LogP contribution in [0, 0.1) is 6.92 Å². The molecule has 0 fully saturated rings. The van der Waals surface area contributed by atoms with Crippen LogP contribution < -0.4 is 0 Å². The van der Waals surface area contributed by atoms with E-state index in [1.165, 1.54) is 18.4 Å². The van der Waals surface area contributed by atoms with E-state index >= 15 is 0 Å². The van der Waals surface area contributed by atoms with E-state index in [2.05, 4.69) is 26.0 Å². The molecule has 0 amide bonds. The second-order valence-corrected chi connectivity index (χ2v) is 7.04. The fourth-order valence-electron chi connectivity index (χ4n) is 2.25. The lowest BCUT2D eigenvalue weighted by atomic mass is 10.1. The summed E-state index contributed by atoms with van der Waals surface area (Å²) < 4.78 is 40.8. The maximum Gasteiger partial charge on any atom is 0.434 e. The number of benzene rings is 1. The van der Waals surface area contributed by atoms with Crippen LogP contribution in [0.5, 0.6) is 0 Å².